The first-order valence-electron chi connectivity index (χ1n) is 8.46. The zero-order valence-corrected chi connectivity index (χ0v) is 16.0. The number of aryl methyl sites for hydroxylation is 1. The van der Waals surface area contributed by atoms with E-state index in [-0.39, 0.29) is 11.8 Å². The Labute approximate surface area is 162 Å². The highest BCUT2D eigenvalue weighted by molar-refractivity contribution is 6.31. The van der Waals surface area contributed by atoms with Crippen molar-refractivity contribution in [2.24, 2.45) is 5.92 Å². The Bertz CT molecular complexity index is 1010. The topological polar surface area (TPSA) is 88.5 Å². The average molecular weight is 383 g/mol. The minimum Gasteiger partial charge on any atom is -0.309 e. The third-order valence-electron chi connectivity index (χ3n) is 4.32. The van der Waals surface area contributed by atoms with E-state index in [2.05, 4.69) is 21.6 Å². The molecule has 2 heterocycles. The number of carbonyl (C=O) groups excluding carboxylic acids is 1. The van der Waals surface area contributed by atoms with Crippen LogP contribution in [0.2, 0.25) is 5.02 Å². The monoisotopic (exact) mass is 382 g/mol. The van der Waals surface area contributed by atoms with E-state index in [0.29, 0.717) is 22.9 Å². The van der Waals surface area contributed by atoms with Crippen LogP contribution in [0.1, 0.15) is 23.9 Å². The lowest BCUT2D eigenvalue weighted by Gasteiger charge is -2.15. The molecule has 0 aliphatic heterocycles. The van der Waals surface area contributed by atoms with Crippen LogP contribution in [0.15, 0.2) is 36.5 Å². The second-order valence-corrected chi connectivity index (χ2v) is 6.70. The fraction of sp³-hybridized carbons (Fsp3) is 0.263. The first-order valence-corrected chi connectivity index (χ1v) is 8.84. The average Bonchev–Trinajstić information content (AvgIpc) is 3.18. The van der Waals surface area contributed by atoms with Crippen molar-refractivity contribution in [2.45, 2.75) is 27.3 Å². The van der Waals surface area contributed by atoms with E-state index < -0.39 is 0 Å². The largest absolute Gasteiger partial charge is 0.309 e. The number of aromatic nitrogens is 4. The van der Waals surface area contributed by atoms with Gasteiger partial charge in [-0.1, -0.05) is 36.7 Å². The maximum atomic E-state index is 12.7. The van der Waals surface area contributed by atoms with Gasteiger partial charge in [-0.3, -0.25) is 9.48 Å². The standard InChI is InChI=1S/C19H19ClN6O/c1-12(11-25-14(3)17(20)13(2)24-25)19(27)23-18-15(9-21)10-22-26(18)16-7-5-4-6-8-16/h4-8,10,12H,11H2,1-3H3,(H,23,27). The summed E-state index contributed by atoms with van der Waals surface area (Å²) in [6.45, 7) is 5.88. The van der Waals surface area contributed by atoms with Crippen LogP contribution < -0.4 is 5.32 Å². The summed E-state index contributed by atoms with van der Waals surface area (Å²) in [5, 5.41) is 21.4. The first-order chi connectivity index (χ1) is 12.9. The van der Waals surface area contributed by atoms with E-state index in [0.717, 1.165) is 17.1 Å². The quantitative estimate of drug-likeness (QED) is 0.731. The zero-order chi connectivity index (χ0) is 19.6. The molecule has 0 radical (unpaired) electrons. The lowest BCUT2D eigenvalue weighted by atomic mass is 10.1. The highest BCUT2D eigenvalue weighted by Gasteiger charge is 2.21. The molecule has 27 heavy (non-hydrogen) atoms. The molecule has 0 saturated carbocycles. The smallest absolute Gasteiger partial charge is 0.230 e. The molecule has 1 unspecified atom stereocenters. The van der Waals surface area contributed by atoms with Gasteiger partial charge < -0.3 is 5.32 Å². The van der Waals surface area contributed by atoms with E-state index in [4.69, 9.17) is 11.6 Å². The van der Waals surface area contributed by atoms with Crippen molar-refractivity contribution in [2.75, 3.05) is 5.32 Å². The number of hydrogen-bond acceptors (Lipinski definition) is 4. The van der Waals surface area contributed by atoms with Gasteiger partial charge in [0, 0.05) is 0 Å². The molecule has 8 heteroatoms. The van der Waals surface area contributed by atoms with Crippen LogP contribution in [0.25, 0.3) is 5.69 Å². The maximum Gasteiger partial charge on any atom is 0.230 e. The van der Waals surface area contributed by atoms with E-state index in [1.165, 1.54) is 6.20 Å². The van der Waals surface area contributed by atoms with Crippen molar-refractivity contribution in [3.05, 3.63) is 58.5 Å². The SMILES string of the molecule is Cc1nn(CC(C)C(=O)Nc2c(C#N)cnn2-c2ccccc2)c(C)c1Cl. The minimum atomic E-state index is -0.385. The highest BCUT2D eigenvalue weighted by atomic mass is 35.5. The number of anilines is 1. The second-order valence-electron chi connectivity index (χ2n) is 6.32. The Hall–Kier alpha value is -3.11. The van der Waals surface area contributed by atoms with Crippen LogP contribution >= 0.6 is 11.6 Å². The molecule has 3 rings (SSSR count). The first kappa shape index (κ1) is 18.7. The summed E-state index contributed by atoms with van der Waals surface area (Å²) in [5.74, 6) is -0.260. The summed E-state index contributed by atoms with van der Waals surface area (Å²) in [6, 6.07) is 11.4. The number of amides is 1. The summed E-state index contributed by atoms with van der Waals surface area (Å²) in [4.78, 5) is 12.7. The molecule has 1 atom stereocenters. The van der Waals surface area contributed by atoms with Gasteiger partial charge in [0.1, 0.15) is 11.6 Å². The van der Waals surface area contributed by atoms with Gasteiger partial charge in [0.25, 0.3) is 0 Å². The van der Waals surface area contributed by atoms with Gasteiger partial charge in [-0.15, -0.1) is 0 Å². The molecule has 0 fully saturated rings. The third-order valence-corrected chi connectivity index (χ3v) is 4.87. The predicted octanol–water partition coefficient (Wildman–Crippen LogP) is 3.49. The summed E-state index contributed by atoms with van der Waals surface area (Å²) in [7, 11) is 0. The molecular formula is C19H19ClN6O. The number of nitriles is 1. The zero-order valence-electron chi connectivity index (χ0n) is 15.3. The van der Waals surface area contributed by atoms with Gasteiger partial charge in [-0.05, 0) is 26.0 Å². The number of nitrogens with zero attached hydrogens (tertiary/aromatic N) is 5. The van der Waals surface area contributed by atoms with Crippen LogP contribution in [-0.4, -0.2) is 25.5 Å². The molecule has 0 bridgehead atoms. The van der Waals surface area contributed by atoms with Crippen LogP contribution in [-0.2, 0) is 11.3 Å². The predicted molar refractivity (Wildman–Crippen MR) is 103 cm³/mol. The second kappa shape index (κ2) is 7.64. The molecule has 0 spiro atoms. The summed E-state index contributed by atoms with van der Waals surface area (Å²) in [6.07, 6.45) is 1.44. The Kier molecular flexibility index (Phi) is 5.28. The normalized spacial score (nSPS) is 11.8. The Balaban J connectivity index is 1.82. The van der Waals surface area contributed by atoms with Gasteiger partial charge in [0.05, 0.1) is 40.8 Å². The van der Waals surface area contributed by atoms with Crippen LogP contribution in [0.4, 0.5) is 5.82 Å². The maximum absolute atomic E-state index is 12.7. The summed E-state index contributed by atoms with van der Waals surface area (Å²) >= 11 is 6.17. The number of nitrogens with one attached hydrogen (secondary N) is 1. The third kappa shape index (κ3) is 3.71. The molecule has 1 aromatic carbocycles. The Morgan fingerprint density at radius 3 is 2.63 bits per heavy atom. The molecule has 138 valence electrons. The fourth-order valence-electron chi connectivity index (χ4n) is 2.75. The molecule has 0 aliphatic rings. The van der Waals surface area contributed by atoms with Crippen LogP contribution in [0, 0.1) is 31.1 Å². The molecular weight excluding hydrogens is 364 g/mol. The lowest BCUT2D eigenvalue weighted by molar-refractivity contribution is -0.119. The van der Waals surface area contributed by atoms with Crippen molar-refractivity contribution in [1.82, 2.24) is 19.6 Å². The van der Waals surface area contributed by atoms with Crippen molar-refractivity contribution in [3.63, 3.8) is 0 Å². The molecule has 7 nitrogen and oxygen atoms in total. The van der Waals surface area contributed by atoms with Gasteiger partial charge >= 0.3 is 0 Å². The summed E-state index contributed by atoms with van der Waals surface area (Å²) < 4.78 is 3.27. The highest BCUT2D eigenvalue weighted by Crippen LogP contribution is 2.22. The molecule has 2 aromatic heterocycles. The fourth-order valence-corrected chi connectivity index (χ4v) is 2.89. The number of benzene rings is 1. The van der Waals surface area contributed by atoms with Gasteiger partial charge in [0.15, 0.2) is 5.82 Å². The van der Waals surface area contributed by atoms with Crippen molar-refractivity contribution >= 4 is 23.3 Å². The van der Waals surface area contributed by atoms with Gasteiger partial charge in [-0.2, -0.15) is 15.5 Å². The number of para-hydroxylation sites is 1. The van der Waals surface area contributed by atoms with E-state index in [1.54, 1.807) is 16.3 Å². The Morgan fingerprint density at radius 2 is 2.04 bits per heavy atom. The van der Waals surface area contributed by atoms with E-state index in [9.17, 15) is 10.1 Å². The molecule has 0 aliphatic carbocycles. The van der Waals surface area contributed by atoms with Crippen molar-refractivity contribution < 1.29 is 4.79 Å². The van der Waals surface area contributed by atoms with Crippen molar-refractivity contribution in [1.29, 1.82) is 5.26 Å². The van der Waals surface area contributed by atoms with Crippen LogP contribution in [0.5, 0.6) is 0 Å². The minimum absolute atomic E-state index is 0.229. The Morgan fingerprint density at radius 1 is 1.33 bits per heavy atom. The van der Waals surface area contributed by atoms with E-state index >= 15 is 0 Å². The molecule has 0 saturated heterocycles. The van der Waals surface area contributed by atoms with Gasteiger partial charge in [-0.25, -0.2) is 4.68 Å². The number of carbonyl (C=O) groups is 1. The number of hydrogen-bond donors (Lipinski definition) is 1. The summed E-state index contributed by atoms with van der Waals surface area (Å²) in [5.41, 5.74) is 2.61. The van der Waals surface area contributed by atoms with Gasteiger partial charge in [0.2, 0.25) is 5.91 Å². The molecule has 3 aromatic rings. The number of halogens is 1. The molecule has 1 amide bonds. The lowest BCUT2D eigenvalue weighted by Crippen LogP contribution is -2.26. The van der Waals surface area contributed by atoms with E-state index in [1.807, 2.05) is 44.2 Å². The van der Waals surface area contributed by atoms with Crippen molar-refractivity contribution in [3.8, 4) is 11.8 Å². The molecule has 1 N–H and O–H groups in total. The number of rotatable bonds is 5. The van der Waals surface area contributed by atoms with Crippen LogP contribution in [0.3, 0.4) is 0 Å².